The molecule has 1 aliphatic rings. The molecule has 0 saturated carbocycles. The Labute approximate surface area is 104 Å². The van der Waals surface area contributed by atoms with E-state index in [2.05, 4.69) is 4.98 Å². The Morgan fingerprint density at radius 2 is 2.40 bits per heavy atom. The van der Waals surface area contributed by atoms with Crippen molar-refractivity contribution in [3.8, 4) is 0 Å². The van der Waals surface area contributed by atoms with Crippen molar-refractivity contribution >= 4 is 41.0 Å². The number of aromatic nitrogens is 1. The first-order valence-electron chi connectivity index (χ1n) is 4.50. The number of thioether (sulfide) groups is 1. The normalized spacial score (nSPS) is 24.6. The Morgan fingerprint density at radius 1 is 1.60 bits per heavy atom. The molecule has 0 radical (unpaired) electrons. The molecular formula is C10H11Cl2NOS. The SMILES string of the molecule is Cl.O=C(Cl)C1(c2cccnc2)CCCS1. The van der Waals surface area contributed by atoms with Crippen molar-refractivity contribution in [2.45, 2.75) is 17.6 Å². The van der Waals surface area contributed by atoms with E-state index in [0.717, 1.165) is 24.2 Å². The highest BCUT2D eigenvalue weighted by molar-refractivity contribution is 8.01. The molecule has 1 unspecified atom stereocenters. The lowest BCUT2D eigenvalue weighted by molar-refractivity contribution is -0.114. The number of rotatable bonds is 2. The zero-order valence-corrected chi connectivity index (χ0v) is 10.4. The Morgan fingerprint density at radius 3 is 2.87 bits per heavy atom. The summed E-state index contributed by atoms with van der Waals surface area (Å²) in [5, 5.41) is -0.270. The third-order valence-electron chi connectivity index (χ3n) is 2.47. The molecule has 5 heteroatoms. The van der Waals surface area contributed by atoms with Gasteiger partial charge in [0.1, 0.15) is 4.75 Å². The molecule has 2 heterocycles. The van der Waals surface area contributed by atoms with Crippen molar-refractivity contribution in [2.75, 3.05) is 5.75 Å². The van der Waals surface area contributed by atoms with Crippen molar-refractivity contribution < 1.29 is 4.79 Å². The second-order valence-corrected chi connectivity index (χ2v) is 5.03. The zero-order valence-electron chi connectivity index (χ0n) is 7.98. The summed E-state index contributed by atoms with van der Waals surface area (Å²) in [6, 6.07) is 3.77. The van der Waals surface area contributed by atoms with E-state index in [-0.39, 0.29) is 17.6 Å². The van der Waals surface area contributed by atoms with Crippen LogP contribution in [0.5, 0.6) is 0 Å². The minimum atomic E-state index is -0.532. The molecule has 0 aromatic carbocycles. The van der Waals surface area contributed by atoms with E-state index < -0.39 is 4.75 Å². The molecule has 15 heavy (non-hydrogen) atoms. The Bertz CT molecular complexity index is 339. The maximum absolute atomic E-state index is 11.5. The quantitative estimate of drug-likeness (QED) is 0.769. The van der Waals surface area contributed by atoms with Gasteiger partial charge < -0.3 is 0 Å². The van der Waals surface area contributed by atoms with Crippen LogP contribution < -0.4 is 0 Å². The number of hydrogen-bond donors (Lipinski definition) is 0. The van der Waals surface area contributed by atoms with Crippen molar-refractivity contribution in [3.63, 3.8) is 0 Å². The molecule has 1 saturated heterocycles. The first-order chi connectivity index (χ1) is 6.76. The van der Waals surface area contributed by atoms with E-state index in [1.807, 2.05) is 12.1 Å². The van der Waals surface area contributed by atoms with Gasteiger partial charge in [0.25, 0.3) is 0 Å². The highest BCUT2D eigenvalue weighted by atomic mass is 35.5. The van der Waals surface area contributed by atoms with Crippen LogP contribution in [-0.2, 0) is 9.54 Å². The van der Waals surface area contributed by atoms with Crippen molar-refractivity contribution in [3.05, 3.63) is 30.1 Å². The molecule has 0 N–H and O–H groups in total. The highest BCUT2D eigenvalue weighted by Crippen LogP contribution is 2.47. The third-order valence-corrected chi connectivity index (χ3v) is 4.51. The number of hydrogen-bond acceptors (Lipinski definition) is 3. The monoisotopic (exact) mass is 263 g/mol. The second-order valence-electron chi connectivity index (χ2n) is 3.29. The largest absolute Gasteiger partial charge is 0.279 e. The van der Waals surface area contributed by atoms with Crippen LogP contribution in [0, 0.1) is 0 Å². The van der Waals surface area contributed by atoms with E-state index in [1.165, 1.54) is 0 Å². The second kappa shape index (κ2) is 5.19. The predicted molar refractivity (Wildman–Crippen MR) is 65.7 cm³/mol. The summed E-state index contributed by atoms with van der Waals surface area (Å²) in [5.74, 6) is 0.993. The molecule has 1 aromatic heterocycles. The van der Waals surface area contributed by atoms with Gasteiger partial charge in [0.15, 0.2) is 0 Å². The van der Waals surface area contributed by atoms with E-state index in [0.29, 0.717) is 0 Å². The molecule has 0 aliphatic carbocycles. The van der Waals surface area contributed by atoms with Crippen LogP contribution in [0.1, 0.15) is 18.4 Å². The summed E-state index contributed by atoms with van der Waals surface area (Å²) >= 11 is 7.32. The zero-order chi connectivity index (χ0) is 10.0. The molecule has 1 fully saturated rings. The summed E-state index contributed by atoms with van der Waals surface area (Å²) in [6.45, 7) is 0. The number of carbonyl (C=O) groups is 1. The Kier molecular flexibility index (Phi) is 4.44. The Hall–Kier alpha value is -0.250. The molecule has 0 spiro atoms. The first-order valence-corrected chi connectivity index (χ1v) is 5.86. The van der Waals surface area contributed by atoms with Gasteiger partial charge in [-0.2, -0.15) is 0 Å². The van der Waals surface area contributed by atoms with Gasteiger partial charge >= 0.3 is 0 Å². The van der Waals surface area contributed by atoms with Crippen LogP contribution in [-0.4, -0.2) is 16.0 Å². The average molecular weight is 264 g/mol. The minimum absolute atomic E-state index is 0. The minimum Gasteiger partial charge on any atom is -0.279 e. The lowest BCUT2D eigenvalue weighted by atomic mass is 9.97. The number of nitrogens with zero attached hydrogens (tertiary/aromatic N) is 1. The van der Waals surface area contributed by atoms with Crippen LogP contribution >= 0.6 is 35.8 Å². The maximum Gasteiger partial charge on any atom is 0.242 e. The van der Waals surface area contributed by atoms with Gasteiger partial charge in [-0.25, -0.2) is 0 Å². The standard InChI is InChI=1S/C10H10ClNOS.ClH/c11-9(13)10(4-2-6-14-10)8-3-1-5-12-7-8;/h1,3,5,7H,2,4,6H2;1H. The molecule has 0 bridgehead atoms. The van der Waals surface area contributed by atoms with Crippen LogP contribution in [0.3, 0.4) is 0 Å². The maximum atomic E-state index is 11.5. The summed E-state index contributed by atoms with van der Waals surface area (Å²) in [5.41, 5.74) is 0.933. The number of carbonyl (C=O) groups excluding carboxylic acids is 1. The van der Waals surface area contributed by atoms with E-state index >= 15 is 0 Å². The number of halogens is 2. The molecule has 1 atom stereocenters. The lowest BCUT2D eigenvalue weighted by Gasteiger charge is -2.23. The molecule has 0 amide bonds. The first kappa shape index (κ1) is 12.8. The summed E-state index contributed by atoms with van der Waals surface area (Å²) in [7, 11) is 0. The molecule has 1 aliphatic heterocycles. The van der Waals surface area contributed by atoms with Crippen molar-refractivity contribution in [1.82, 2.24) is 4.98 Å². The fourth-order valence-electron chi connectivity index (χ4n) is 1.74. The van der Waals surface area contributed by atoms with Crippen LogP contribution in [0.4, 0.5) is 0 Å². The van der Waals surface area contributed by atoms with E-state index in [9.17, 15) is 4.79 Å². The molecule has 2 nitrogen and oxygen atoms in total. The summed E-state index contributed by atoms with van der Waals surface area (Å²) in [6.07, 6.45) is 5.30. The summed E-state index contributed by atoms with van der Waals surface area (Å²) < 4.78 is -0.532. The molecular weight excluding hydrogens is 253 g/mol. The fraction of sp³-hybridized carbons (Fsp3) is 0.400. The number of pyridine rings is 1. The molecule has 1 aromatic rings. The van der Waals surface area contributed by atoms with Crippen molar-refractivity contribution in [1.29, 1.82) is 0 Å². The molecule has 2 rings (SSSR count). The van der Waals surface area contributed by atoms with Gasteiger partial charge in [-0.1, -0.05) is 6.07 Å². The van der Waals surface area contributed by atoms with Gasteiger partial charge in [-0.05, 0) is 41.8 Å². The highest BCUT2D eigenvalue weighted by Gasteiger charge is 2.42. The topological polar surface area (TPSA) is 30.0 Å². The van der Waals surface area contributed by atoms with Gasteiger partial charge in [-0.15, -0.1) is 24.2 Å². The van der Waals surface area contributed by atoms with Gasteiger partial charge in [0, 0.05) is 12.4 Å². The summed E-state index contributed by atoms with van der Waals surface area (Å²) in [4.78, 5) is 15.5. The van der Waals surface area contributed by atoms with Gasteiger partial charge in [0.05, 0.1) is 0 Å². The van der Waals surface area contributed by atoms with Crippen molar-refractivity contribution in [2.24, 2.45) is 0 Å². The third kappa shape index (κ3) is 2.30. The fourth-order valence-corrected chi connectivity index (χ4v) is 3.43. The lowest BCUT2D eigenvalue weighted by Crippen LogP contribution is -2.25. The smallest absolute Gasteiger partial charge is 0.242 e. The van der Waals surface area contributed by atoms with Gasteiger partial charge in [0.2, 0.25) is 5.24 Å². The average Bonchev–Trinajstić information content (AvgIpc) is 2.69. The van der Waals surface area contributed by atoms with Crippen LogP contribution in [0.25, 0.3) is 0 Å². The van der Waals surface area contributed by atoms with E-state index in [1.54, 1.807) is 24.2 Å². The van der Waals surface area contributed by atoms with Crippen LogP contribution in [0.15, 0.2) is 24.5 Å². The van der Waals surface area contributed by atoms with E-state index in [4.69, 9.17) is 11.6 Å². The predicted octanol–water partition coefficient (Wildman–Crippen LogP) is 2.99. The molecule has 82 valence electrons. The van der Waals surface area contributed by atoms with Crippen LogP contribution in [0.2, 0.25) is 0 Å². The van der Waals surface area contributed by atoms with Gasteiger partial charge in [-0.3, -0.25) is 9.78 Å². The Balaban J connectivity index is 0.00000112.